The molecule has 0 unspecified atom stereocenters. The number of benzene rings is 1. The summed E-state index contributed by atoms with van der Waals surface area (Å²) in [5.74, 6) is -0.419. The summed E-state index contributed by atoms with van der Waals surface area (Å²) in [6.07, 6.45) is 2.94. The summed E-state index contributed by atoms with van der Waals surface area (Å²) in [6, 6.07) is 3.79. The molecule has 0 spiro atoms. The number of H-pyrrole nitrogens is 1. The van der Waals surface area contributed by atoms with E-state index in [4.69, 9.17) is 5.73 Å². The van der Waals surface area contributed by atoms with E-state index in [-0.39, 0.29) is 16.9 Å². The molecule has 1 amide bonds. The molecule has 0 saturated heterocycles. The number of carbonyl (C=O) groups is 1. The maximum absolute atomic E-state index is 11.8. The number of rotatable bonds is 3. The molecule has 0 fully saturated rings. The quantitative estimate of drug-likeness (QED) is 0.426. The lowest BCUT2D eigenvalue weighted by molar-refractivity contribution is -0.383. The number of nitrogen functional groups attached to an aromatic ring is 1. The number of nitrogens with zero attached hydrogens (tertiary/aromatic N) is 2. The van der Waals surface area contributed by atoms with Gasteiger partial charge in [-0.05, 0) is 12.1 Å². The first-order valence-electron chi connectivity index (χ1n) is 4.92. The fourth-order valence-electron chi connectivity index (χ4n) is 1.38. The maximum atomic E-state index is 11.8. The van der Waals surface area contributed by atoms with Crippen LogP contribution in [0.1, 0.15) is 10.4 Å². The van der Waals surface area contributed by atoms with Gasteiger partial charge in [0, 0.05) is 17.8 Å². The number of anilines is 2. The zero-order valence-electron chi connectivity index (χ0n) is 9.08. The molecule has 8 heteroatoms. The SMILES string of the molecule is Nc1cc(C(=O)Nc2cn[nH]c2)ccc1[N+](=O)[O-]. The highest BCUT2D eigenvalue weighted by atomic mass is 16.6. The Labute approximate surface area is 101 Å². The van der Waals surface area contributed by atoms with Gasteiger partial charge in [-0.1, -0.05) is 0 Å². The zero-order chi connectivity index (χ0) is 13.1. The first kappa shape index (κ1) is 11.6. The Balaban J connectivity index is 2.21. The van der Waals surface area contributed by atoms with Crippen LogP contribution in [0.5, 0.6) is 0 Å². The van der Waals surface area contributed by atoms with Gasteiger partial charge in [-0.2, -0.15) is 5.10 Å². The van der Waals surface area contributed by atoms with Crippen LogP contribution in [0.2, 0.25) is 0 Å². The Bertz CT molecular complexity index is 594. The van der Waals surface area contributed by atoms with Gasteiger partial charge < -0.3 is 11.1 Å². The van der Waals surface area contributed by atoms with Crippen LogP contribution >= 0.6 is 0 Å². The summed E-state index contributed by atoms with van der Waals surface area (Å²) in [5.41, 5.74) is 5.94. The van der Waals surface area contributed by atoms with Crippen LogP contribution < -0.4 is 11.1 Å². The van der Waals surface area contributed by atoms with Crippen LogP contribution in [0.3, 0.4) is 0 Å². The third kappa shape index (κ3) is 2.26. The van der Waals surface area contributed by atoms with Crippen molar-refractivity contribution in [1.29, 1.82) is 0 Å². The van der Waals surface area contributed by atoms with Gasteiger partial charge in [0.1, 0.15) is 5.69 Å². The molecule has 4 N–H and O–H groups in total. The summed E-state index contributed by atoms with van der Waals surface area (Å²) in [6.45, 7) is 0. The molecule has 92 valence electrons. The van der Waals surface area contributed by atoms with Crippen molar-refractivity contribution < 1.29 is 9.72 Å². The predicted octanol–water partition coefficient (Wildman–Crippen LogP) is 1.15. The van der Waals surface area contributed by atoms with Crippen molar-refractivity contribution in [2.24, 2.45) is 0 Å². The first-order chi connectivity index (χ1) is 8.58. The Morgan fingerprint density at radius 3 is 2.83 bits per heavy atom. The van der Waals surface area contributed by atoms with Crippen molar-refractivity contribution in [2.75, 3.05) is 11.1 Å². The van der Waals surface area contributed by atoms with Crippen molar-refractivity contribution in [1.82, 2.24) is 10.2 Å². The Hall–Kier alpha value is -2.90. The molecule has 0 aliphatic rings. The third-order valence-electron chi connectivity index (χ3n) is 2.24. The minimum absolute atomic E-state index is 0.0557. The number of carbonyl (C=O) groups excluding carboxylic acids is 1. The second-order valence-corrected chi connectivity index (χ2v) is 3.47. The van der Waals surface area contributed by atoms with E-state index in [0.717, 1.165) is 0 Å². The zero-order valence-corrected chi connectivity index (χ0v) is 9.08. The second kappa shape index (κ2) is 4.53. The minimum atomic E-state index is -0.604. The number of nitro benzene ring substituents is 1. The standard InChI is InChI=1S/C10H9N5O3/c11-8-3-6(1-2-9(8)15(17)18)10(16)14-7-4-12-13-5-7/h1-5H,11H2,(H,12,13)(H,14,16). The number of amides is 1. The number of nitrogens with one attached hydrogen (secondary N) is 2. The number of nitro groups is 1. The normalized spacial score (nSPS) is 10.0. The monoisotopic (exact) mass is 247 g/mol. The van der Waals surface area contributed by atoms with Gasteiger partial charge in [0.2, 0.25) is 0 Å². The summed E-state index contributed by atoms with van der Waals surface area (Å²) in [7, 11) is 0. The van der Waals surface area contributed by atoms with Gasteiger partial charge in [0.25, 0.3) is 11.6 Å². The number of hydrogen-bond acceptors (Lipinski definition) is 5. The molecule has 0 aliphatic carbocycles. The Morgan fingerprint density at radius 1 is 1.50 bits per heavy atom. The maximum Gasteiger partial charge on any atom is 0.292 e. The molecule has 0 saturated carbocycles. The number of hydrogen-bond donors (Lipinski definition) is 3. The van der Waals surface area contributed by atoms with E-state index in [1.807, 2.05) is 0 Å². The topological polar surface area (TPSA) is 127 Å². The van der Waals surface area contributed by atoms with Gasteiger partial charge in [0.05, 0.1) is 16.8 Å². The fourth-order valence-corrected chi connectivity index (χ4v) is 1.38. The molecule has 0 atom stereocenters. The number of aromatic nitrogens is 2. The smallest absolute Gasteiger partial charge is 0.292 e. The highest BCUT2D eigenvalue weighted by Gasteiger charge is 2.14. The van der Waals surface area contributed by atoms with Crippen molar-refractivity contribution in [3.05, 3.63) is 46.3 Å². The van der Waals surface area contributed by atoms with E-state index in [1.165, 1.54) is 30.6 Å². The van der Waals surface area contributed by atoms with Crippen LogP contribution in [0.4, 0.5) is 17.1 Å². The van der Waals surface area contributed by atoms with Crippen LogP contribution in [0.15, 0.2) is 30.6 Å². The van der Waals surface area contributed by atoms with E-state index in [1.54, 1.807) is 0 Å². The van der Waals surface area contributed by atoms with Crippen LogP contribution in [-0.2, 0) is 0 Å². The average molecular weight is 247 g/mol. The average Bonchev–Trinajstić information content (AvgIpc) is 2.81. The van der Waals surface area contributed by atoms with Gasteiger partial charge in [-0.15, -0.1) is 0 Å². The molecule has 1 heterocycles. The highest BCUT2D eigenvalue weighted by Crippen LogP contribution is 2.22. The van der Waals surface area contributed by atoms with Gasteiger partial charge in [-0.25, -0.2) is 0 Å². The van der Waals surface area contributed by atoms with E-state index >= 15 is 0 Å². The van der Waals surface area contributed by atoms with E-state index in [2.05, 4.69) is 15.5 Å². The van der Waals surface area contributed by atoms with Crippen molar-refractivity contribution >= 4 is 23.0 Å². The van der Waals surface area contributed by atoms with Crippen LogP contribution in [0.25, 0.3) is 0 Å². The van der Waals surface area contributed by atoms with Crippen LogP contribution in [0, 0.1) is 10.1 Å². The summed E-state index contributed by atoms with van der Waals surface area (Å²) < 4.78 is 0. The summed E-state index contributed by atoms with van der Waals surface area (Å²) >= 11 is 0. The van der Waals surface area contributed by atoms with Gasteiger partial charge in [0.15, 0.2) is 0 Å². The lowest BCUT2D eigenvalue weighted by atomic mass is 10.1. The third-order valence-corrected chi connectivity index (χ3v) is 2.24. The Morgan fingerprint density at radius 2 is 2.28 bits per heavy atom. The molecule has 2 aromatic rings. The molecular formula is C10H9N5O3. The van der Waals surface area contributed by atoms with E-state index in [9.17, 15) is 14.9 Å². The predicted molar refractivity (Wildman–Crippen MR) is 64.0 cm³/mol. The van der Waals surface area contributed by atoms with Crippen LogP contribution in [-0.4, -0.2) is 21.0 Å². The molecule has 1 aromatic heterocycles. The lowest BCUT2D eigenvalue weighted by Gasteiger charge is -2.03. The largest absolute Gasteiger partial charge is 0.393 e. The van der Waals surface area contributed by atoms with Crippen molar-refractivity contribution in [2.45, 2.75) is 0 Å². The molecule has 0 bridgehead atoms. The lowest BCUT2D eigenvalue weighted by Crippen LogP contribution is -2.12. The molecular weight excluding hydrogens is 238 g/mol. The fraction of sp³-hybridized carbons (Fsp3) is 0. The van der Waals surface area contributed by atoms with Gasteiger partial charge in [-0.3, -0.25) is 20.0 Å². The van der Waals surface area contributed by atoms with Crippen molar-refractivity contribution in [3.63, 3.8) is 0 Å². The molecule has 0 radical (unpaired) electrons. The first-order valence-corrected chi connectivity index (χ1v) is 4.92. The Kier molecular flexibility index (Phi) is 2.92. The molecule has 1 aromatic carbocycles. The van der Waals surface area contributed by atoms with Gasteiger partial charge >= 0.3 is 0 Å². The molecule has 0 aliphatic heterocycles. The van der Waals surface area contributed by atoms with E-state index < -0.39 is 10.8 Å². The second-order valence-electron chi connectivity index (χ2n) is 3.47. The molecule has 18 heavy (non-hydrogen) atoms. The summed E-state index contributed by atoms with van der Waals surface area (Å²) in [5, 5.41) is 19.3. The molecule has 2 rings (SSSR count). The highest BCUT2D eigenvalue weighted by molar-refractivity contribution is 6.05. The summed E-state index contributed by atoms with van der Waals surface area (Å²) in [4.78, 5) is 21.7. The number of aromatic amines is 1. The van der Waals surface area contributed by atoms with E-state index in [0.29, 0.717) is 5.69 Å². The minimum Gasteiger partial charge on any atom is -0.393 e. The van der Waals surface area contributed by atoms with Crippen molar-refractivity contribution in [3.8, 4) is 0 Å². The molecule has 8 nitrogen and oxygen atoms in total. The number of nitrogens with two attached hydrogens (primary N) is 1.